The van der Waals surface area contributed by atoms with Crippen LogP contribution in [0.1, 0.15) is 21.5 Å². The summed E-state index contributed by atoms with van der Waals surface area (Å²) in [5.74, 6) is 1.42. The average molecular weight is 340 g/mol. The molecular formula is C20H24N2O3. The van der Waals surface area contributed by atoms with Gasteiger partial charge in [-0.15, -0.1) is 0 Å². The van der Waals surface area contributed by atoms with Gasteiger partial charge in [0.25, 0.3) is 5.91 Å². The lowest BCUT2D eigenvalue weighted by atomic mass is 10.0. The van der Waals surface area contributed by atoms with Gasteiger partial charge in [0, 0.05) is 31.4 Å². The number of benzene rings is 2. The zero-order valence-corrected chi connectivity index (χ0v) is 15.1. The summed E-state index contributed by atoms with van der Waals surface area (Å²) in [6, 6.07) is 11.1. The number of rotatable bonds is 6. The molecule has 25 heavy (non-hydrogen) atoms. The summed E-state index contributed by atoms with van der Waals surface area (Å²) >= 11 is 0. The molecule has 2 aromatic rings. The summed E-state index contributed by atoms with van der Waals surface area (Å²) < 4.78 is 10.6. The van der Waals surface area contributed by atoms with E-state index < -0.39 is 0 Å². The minimum Gasteiger partial charge on any atom is -0.497 e. The fourth-order valence-corrected chi connectivity index (χ4v) is 2.45. The van der Waals surface area contributed by atoms with Crippen molar-refractivity contribution < 1.29 is 14.3 Å². The molecule has 2 N–H and O–H groups in total. The van der Waals surface area contributed by atoms with E-state index in [1.165, 1.54) is 0 Å². The van der Waals surface area contributed by atoms with Gasteiger partial charge >= 0.3 is 0 Å². The van der Waals surface area contributed by atoms with E-state index in [4.69, 9.17) is 15.2 Å². The average Bonchev–Trinajstić information content (AvgIpc) is 2.61. The van der Waals surface area contributed by atoms with Crippen LogP contribution in [0, 0.1) is 0 Å². The molecule has 0 bridgehead atoms. The van der Waals surface area contributed by atoms with E-state index in [2.05, 4.69) is 0 Å². The highest BCUT2D eigenvalue weighted by Gasteiger charge is 2.12. The lowest BCUT2D eigenvalue weighted by Crippen LogP contribution is -2.22. The summed E-state index contributed by atoms with van der Waals surface area (Å²) in [7, 11) is 6.70. The van der Waals surface area contributed by atoms with Crippen LogP contribution in [0.3, 0.4) is 0 Å². The van der Waals surface area contributed by atoms with Gasteiger partial charge in [0.1, 0.15) is 11.5 Å². The number of allylic oxidation sites excluding steroid dienone is 1. The molecule has 132 valence electrons. The molecule has 0 saturated heterocycles. The van der Waals surface area contributed by atoms with E-state index >= 15 is 0 Å². The lowest BCUT2D eigenvalue weighted by molar-refractivity contribution is 0.0827. The van der Waals surface area contributed by atoms with E-state index in [1.54, 1.807) is 45.3 Å². The van der Waals surface area contributed by atoms with Crippen molar-refractivity contribution in [3.8, 4) is 11.5 Å². The number of nitrogens with zero attached hydrogens (tertiary/aromatic N) is 1. The summed E-state index contributed by atoms with van der Waals surface area (Å²) in [6.07, 6.45) is 4.63. The van der Waals surface area contributed by atoms with Crippen LogP contribution in [0.25, 0.3) is 6.08 Å². The number of carbonyl (C=O) groups excluding carboxylic acids is 1. The normalized spacial score (nSPS) is 10.7. The largest absolute Gasteiger partial charge is 0.497 e. The molecule has 0 fully saturated rings. The zero-order chi connectivity index (χ0) is 18.4. The second-order valence-corrected chi connectivity index (χ2v) is 5.87. The Hall–Kier alpha value is -2.95. The number of nitrogen functional groups attached to an aromatic ring is 1. The first-order valence-electron chi connectivity index (χ1n) is 7.94. The van der Waals surface area contributed by atoms with E-state index in [-0.39, 0.29) is 5.91 Å². The standard InChI is InChI=1S/C20H24N2O3/c1-22(2)20(23)19-12-16(21)9-8-15(19)7-5-6-14-10-17(24-3)13-18(11-14)25-4/h5,7-13H,6,21H2,1-4H3/b7-5+. The molecule has 0 radical (unpaired) electrons. The molecule has 0 aliphatic heterocycles. The van der Waals surface area contributed by atoms with Crippen molar-refractivity contribution in [1.29, 1.82) is 0 Å². The Balaban J connectivity index is 2.24. The Morgan fingerprint density at radius 1 is 1.08 bits per heavy atom. The highest BCUT2D eigenvalue weighted by Crippen LogP contribution is 2.23. The molecule has 2 rings (SSSR count). The van der Waals surface area contributed by atoms with E-state index in [9.17, 15) is 4.79 Å². The first kappa shape index (κ1) is 18.4. The maximum Gasteiger partial charge on any atom is 0.254 e. The second-order valence-electron chi connectivity index (χ2n) is 5.87. The number of methoxy groups -OCH3 is 2. The Bertz CT molecular complexity index is 760. The maximum absolute atomic E-state index is 12.3. The number of ether oxygens (including phenoxy) is 2. The first-order chi connectivity index (χ1) is 11.9. The van der Waals surface area contributed by atoms with Crippen LogP contribution in [0.2, 0.25) is 0 Å². The molecule has 0 aliphatic carbocycles. The van der Waals surface area contributed by atoms with Crippen molar-refractivity contribution in [2.45, 2.75) is 6.42 Å². The van der Waals surface area contributed by atoms with Crippen molar-refractivity contribution in [3.63, 3.8) is 0 Å². The molecule has 0 atom stereocenters. The quantitative estimate of drug-likeness (QED) is 0.820. The summed E-state index contributed by atoms with van der Waals surface area (Å²) in [4.78, 5) is 13.9. The topological polar surface area (TPSA) is 64.8 Å². The van der Waals surface area contributed by atoms with E-state index in [0.29, 0.717) is 17.7 Å². The highest BCUT2D eigenvalue weighted by atomic mass is 16.5. The lowest BCUT2D eigenvalue weighted by Gasteiger charge is -2.13. The molecule has 0 spiro atoms. The Kier molecular flexibility index (Phi) is 6.06. The number of amides is 1. The fraction of sp³-hybridized carbons (Fsp3) is 0.250. The summed E-state index contributed by atoms with van der Waals surface area (Å²) in [5.41, 5.74) is 8.88. The van der Waals surface area contributed by atoms with Gasteiger partial charge < -0.3 is 20.1 Å². The van der Waals surface area contributed by atoms with Crippen LogP contribution < -0.4 is 15.2 Å². The fourth-order valence-electron chi connectivity index (χ4n) is 2.45. The SMILES string of the molecule is COc1cc(C/C=C/c2ccc(N)cc2C(=O)N(C)C)cc(OC)c1. The maximum atomic E-state index is 12.3. The molecule has 0 aromatic heterocycles. The molecule has 5 heteroatoms. The second kappa shape index (κ2) is 8.24. The molecule has 0 saturated carbocycles. The Morgan fingerprint density at radius 3 is 2.28 bits per heavy atom. The van der Waals surface area contributed by atoms with Crippen molar-refractivity contribution in [3.05, 3.63) is 59.2 Å². The molecule has 0 aliphatic rings. The number of anilines is 1. The minimum absolute atomic E-state index is 0.0741. The van der Waals surface area contributed by atoms with Crippen molar-refractivity contribution in [2.75, 3.05) is 34.0 Å². The molecule has 5 nitrogen and oxygen atoms in total. The third kappa shape index (κ3) is 4.76. The van der Waals surface area contributed by atoms with Gasteiger partial charge in [-0.2, -0.15) is 0 Å². The third-order valence-electron chi connectivity index (χ3n) is 3.78. The number of hydrogen-bond donors (Lipinski definition) is 1. The van der Waals surface area contributed by atoms with Gasteiger partial charge in [-0.3, -0.25) is 4.79 Å². The third-order valence-corrected chi connectivity index (χ3v) is 3.78. The van der Waals surface area contributed by atoms with E-state index in [1.807, 2.05) is 36.4 Å². The van der Waals surface area contributed by atoms with Gasteiger partial charge in [-0.25, -0.2) is 0 Å². The Morgan fingerprint density at radius 2 is 1.72 bits per heavy atom. The van der Waals surface area contributed by atoms with Crippen LogP contribution in [-0.2, 0) is 6.42 Å². The van der Waals surface area contributed by atoms with Gasteiger partial charge in [0.05, 0.1) is 14.2 Å². The van der Waals surface area contributed by atoms with Gasteiger partial charge in [-0.1, -0.05) is 18.2 Å². The van der Waals surface area contributed by atoms with Crippen LogP contribution in [0.15, 0.2) is 42.5 Å². The van der Waals surface area contributed by atoms with Crippen LogP contribution in [0.5, 0.6) is 11.5 Å². The summed E-state index contributed by atoms with van der Waals surface area (Å²) in [5, 5.41) is 0. The van der Waals surface area contributed by atoms with Gasteiger partial charge in [0.15, 0.2) is 0 Å². The predicted octanol–water partition coefficient (Wildman–Crippen LogP) is 3.24. The van der Waals surface area contributed by atoms with Crippen molar-refractivity contribution >= 4 is 17.7 Å². The number of hydrogen-bond acceptors (Lipinski definition) is 4. The molecular weight excluding hydrogens is 316 g/mol. The highest BCUT2D eigenvalue weighted by molar-refractivity contribution is 5.98. The van der Waals surface area contributed by atoms with Crippen LogP contribution >= 0.6 is 0 Å². The molecule has 2 aromatic carbocycles. The summed E-state index contributed by atoms with van der Waals surface area (Å²) in [6.45, 7) is 0. The van der Waals surface area contributed by atoms with Crippen LogP contribution in [0.4, 0.5) is 5.69 Å². The Labute approximate surface area is 148 Å². The molecule has 0 unspecified atom stereocenters. The van der Waals surface area contributed by atoms with Crippen molar-refractivity contribution in [1.82, 2.24) is 4.90 Å². The van der Waals surface area contributed by atoms with Crippen LogP contribution in [-0.4, -0.2) is 39.1 Å². The van der Waals surface area contributed by atoms with Crippen molar-refractivity contribution in [2.24, 2.45) is 0 Å². The number of nitrogens with two attached hydrogens (primary N) is 1. The minimum atomic E-state index is -0.0741. The predicted molar refractivity (Wildman–Crippen MR) is 101 cm³/mol. The van der Waals surface area contributed by atoms with E-state index in [0.717, 1.165) is 22.6 Å². The molecule has 1 amide bonds. The smallest absolute Gasteiger partial charge is 0.254 e. The first-order valence-corrected chi connectivity index (χ1v) is 7.94. The molecule has 0 heterocycles. The van der Waals surface area contributed by atoms with Gasteiger partial charge in [0.2, 0.25) is 0 Å². The van der Waals surface area contributed by atoms with Gasteiger partial charge in [-0.05, 0) is 41.8 Å². The monoisotopic (exact) mass is 340 g/mol. The number of carbonyl (C=O) groups is 1. The zero-order valence-electron chi connectivity index (χ0n) is 15.1.